The number of aryl methyl sites for hydroxylation is 1. The predicted molar refractivity (Wildman–Crippen MR) is 118 cm³/mol. The van der Waals surface area contributed by atoms with Crippen LogP contribution in [0.2, 0.25) is 0 Å². The van der Waals surface area contributed by atoms with Gasteiger partial charge in [0.05, 0.1) is 6.04 Å². The zero-order valence-corrected chi connectivity index (χ0v) is 18.2. The van der Waals surface area contributed by atoms with Gasteiger partial charge >= 0.3 is 0 Å². The van der Waals surface area contributed by atoms with Gasteiger partial charge in [0, 0.05) is 45.8 Å². The average molecular weight is 435 g/mol. The van der Waals surface area contributed by atoms with E-state index in [0.29, 0.717) is 18.9 Å². The molecule has 166 valence electrons. The summed E-state index contributed by atoms with van der Waals surface area (Å²) in [7, 11) is 0. The van der Waals surface area contributed by atoms with Crippen molar-refractivity contribution in [2.75, 3.05) is 26.2 Å². The molecule has 2 aliphatic rings. The van der Waals surface area contributed by atoms with E-state index < -0.39 is 0 Å². The van der Waals surface area contributed by atoms with Crippen LogP contribution in [0.25, 0.3) is 0 Å². The van der Waals surface area contributed by atoms with Crippen molar-refractivity contribution < 1.29 is 9.18 Å². The predicted octanol–water partition coefficient (Wildman–Crippen LogP) is 2.53. The van der Waals surface area contributed by atoms with Crippen LogP contribution >= 0.6 is 0 Å². The molecule has 0 radical (unpaired) electrons. The van der Waals surface area contributed by atoms with Gasteiger partial charge in [0.1, 0.15) is 5.82 Å². The molecule has 1 aromatic heterocycles. The Morgan fingerprint density at radius 1 is 1.00 bits per heavy atom. The molecule has 0 aliphatic carbocycles. The molecule has 1 amide bonds. The van der Waals surface area contributed by atoms with E-state index in [1.807, 2.05) is 4.57 Å². The number of halogens is 1. The number of piperazine rings is 1. The number of aromatic nitrogens is 3. The third-order valence-corrected chi connectivity index (χ3v) is 6.36. The number of benzene rings is 2. The van der Waals surface area contributed by atoms with Crippen LogP contribution < -0.4 is 5.32 Å². The van der Waals surface area contributed by atoms with Crippen LogP contribution in [0, 0.1) is 12.7 Å². The standard InChI is InChI=1S/C24H27FN6O/c1-17-2-4-19(5-3-17)15-29-10-11-30-12-13-31-22(21(30)16-29)27-28-23(31)24(32)26-14-18-6-8-20(25)9-7-18/h2-9,21H,10-16H2,1H3,(H,26,32)/t21-/m1/s1. The van der Waals surface area contributed by atoms with Crippen molar-refractivity contribution >= 4 is 5.91 Å². The molecule has 3 heterocycles. The number of fused-ring (bicyclic) bond motifs is 3. The van der Waals surface area contributed by atoms with Crippen LogP contribution in [0.4, 0.5) is 4.39 Å². The van der Waals surface area contributed by atoms with Crippen molar-refractivity contribution in [3.8, 4) is 0 Å². The number of rotatable bonds is 5. The Balaban J connectivity index is 1.27. The molecule has 1 fully saturated rings. The highest BCUT2D eigenvalue weighted by atomic mass is 19.1. The van der Waals surface area contributed by atoms with Crippen LogP contribution in [0.5, 0.6) is 0 Å². The molecule has 0 bridgehead atoms. The molecular weight excluding hydrogens is 407 g/mol. The summed E-state index contributed by atoms with van der Waals surface area (Å²) in [5, 5.41) is 11.5. The first-order valence-electron chi connectivity index (χ1n) is 11.0. The lowest BCUT2D eigenvalue weighted by Crippen LogP contribution is -2.52. The van der Waals surface area contributed by atoms with Gasteiger partial charge in [-0.1, -0.05) is 42.0 Å². The first-order chi connectivity index (χ1) is 15.6. The maximum Gasteiger partial charge on any atom is 0.289 e. The van der Waals surface area contributed by atoms with Crippen molar-refractivity contribution in [2.24, 2.45) is 0 Å². The Bertz CT molecular complexity index is 1090. The minimum Gasteiger partial charge on any atom is -0.345 e. The van der Waals surface area contributed by atoms with E-state index in [1.165, 1.54) is 23.3 Å². The zero-order chi connectivity index (χ0) is 22.1. The number of nitrogens with zero attached hydrogens (tertiary/aromatic N) is 5. The third-order valence-electron chi connectivity index (χ3n) is 6.36. The number of nitrogens with one attached hydrogen (secondary N) is 1. The summed E-state index contributed by atoms with van der Waals surface area (Å²) in [6.07, 6.45) is 0. The molecule has 5 rings (SSSR count). The summed E-state index contributed by atoms with van der Waals surface area (Å²) in [5.41, 5.74) is 3.41. The highest BCUT2D eigenvalue weighted by molar-refractivity contribution is 5.90. The van der Waals surface area contributed by atoms with Crippen LogP contribution in [0.3, 0.4) is 0 Å². The molecule has 2 aromatic carbocycles. The fourth-order valence-corrected chi connectivity index (χ4v) is 4.53. The van der Waals surface area contributed by atoms with Gasteiger partial charge in [-0.05, 0) is 30.2 Å². The Hall–Kier alpha value is -3.10. The van der Waals surface area contributed by atoms with Gasteiger partial charge in [-0.25, -0.2) is 4.39 Å². The van der Waals surface area contributed by atoms with Gasteiger partial charge in [-0.15, -0.1) is 10.2 Å². The summed E-state index contributed by atoms with van der Waals surface area (Å²) in [6, 6.07) is 14.9. The number of carbonyl (C=O) groups is 1. The molecule has 3 aromatic rings. The second-order valence-corrected chi connectivity index (χ2v) is 8.62. The highest BCUT2D eigenvalue weighted by Crippen LogP contribution is 2.29. The highest BCUT2D eigenvalue weighted by Gasteiger charge is 2.36. The molecular formula is C24H27FN6O. The van der Waals surface area contributed by atoms with E-state index in [9.17, 15) is 9.18 Å². The molecule has 8 heteroatoms. The molecule has 2 aliphatic heterocycles. The van der Waals surface area contributed by atoms with Crippen molar-refractivity contribution in [1.82, 2.24) is 29.9 Å². The molecule has 1 atom stereocenters. The minimum absolute atomic E-state index is 0.133. The van der Waals surface area contributed by atoms with E-state index in [1.54, 1.807) is 12.1 Å². The Labute approximate surface area is 186 Å². The van der Waals surface area contributed by atoms with Crippen molar-refractivity contribution in [3.63, 3.8) is 0 Å². The SMILES string of the molecule is Cc1ccc(CN2CCN3CCn4c(C(=O)NCc5ccc(F)cc5)nnc4[C@H]3C2)cc1. The second kappa shape index (κ2) is 8.80. The number of carbonyl (C=O) groups excluding carboxylic acids is 1. The number of hydrogen-bond donors (Lipinski definition) is 1. The molecule has 1 saturated heterocycles. The summed E-state index contributed by atoms with van der Waals surface area (Å²) in [4.78, 5) is 17.7. The Kier molecular flexibility index (Phi) is 5.71. The molecule has 32 heavy (non-hydrogen) atoms. The Morgan fingerprint density at radius 3 is 2.50 bits per heavy atom. The van der Waals surface area contributed by atoms with E-state index in [4.69, 9.17) is 0 Å². The van der Waals surface area contributed by atoms with Crippen LogP contribution in [-0.4, -0.2) is 56.7 Å². The normalized spacial score (nSPS) is 18.8. The molecule has 0 spiro atoms. The summed E-state index contributed by atoms with van der Waals surface area (Å²) in [5.74, 6) is 0.656. The summed E-state index contributed by atoms with van der Waals surface area (Å²) < 4.78 is 15.0. The lowest BCUT2D eigenvalue weighted by atomic mass is 10.1. The largest absolute Gasteiger partial charge is 0.345 e. The van der Waals surface area contributed by atoms with Gasteiger partial charge in [0.15, 0.2) is 5.82 Å². The van der Waals surface area contributed by atoms with Crippen LogP contribution in [0.15, 0.2) is 48.5 Å². The van der Waals surface area contributed by atoms with Crippen LogP contribution in [-0.2, 0) is 19.6 Å². The second-order valence-electron chi connectivity index (χ2n) is 8.62. The summed E-state index contributed by atoms with van der Waals surface area (Å²) >= 11 is 0. The van der Waals surface area contributed by atoms with Crippen molar-refractivity contribution in [1.29, 1.82) is 0 Å². The first-order valence-corrected chi connectivity index (χ1v) is 11.0. The van der Waals surface area contributed by atoms with Crippen LogP contribution in [0.1, 0.15) is 39.2 Å². The van der Waals surface area contributed by atoms with Gasteiger partial charge in [0.2, 0.25) is 5.82 Å². The maximum absolute atomic E-state index is 13.1. The van der Waals surface area contributed by atoms with Gasteiger partial charge in [-0.3, -0.25) is 14.6 Å². The number of hydrogen-bond acceptors (Lipinski definition) is 5. The van der Waals surface area contributed by atoms with E-state index >= 15 is 0 Å². The zero-order valence-electron chi connectivity index (χ0n) is 18.2. The smallest absolute Gasteiger partial charge is 0.289 e. The molecule has 7 nitrogen and oxygen atoms in total. The number of amides is 1. The molecule has 0 unspecified atom stereocenters. The fourth-order valence-electron chi connectivity index (χ4n) is 4.53. The maximum atomic E-state index is 13.1. The van der Waals surface area contributed by atoms with E-state index in [2.05, 4.69) is 56.5 Å². The van der Waals surface area contributed by atoms with Gasteiger partial charge < -0.3 is 9.88 Å². The molecule has 1 N–H and O–H groups in total. The van der Waals surface area contributed by atoms with Gasteiger partial charge in [0.25, 0.3) is 5.91 Å². The average Bonchev–Trinajstić information content (AvgIpc) is 3.25. The third kappa shape index (κ3) is 4.28. The van der Waals surface area contributed by atoms with Crippen molar-refractivity contribution in [3.05, 3.63) is 82.7 Å². The van der Waals surface area contributed by atoms with E-state index in [0.717, 1.165) is 44.1 Å². The monoisotopic (exact) mass is 434 g/mol. The lowest BCUT2D eigenvalue weighted by Gasteiger charge is -2.43. The summed E-state index contributed by atoms with van der Waals surface area (Å²) in [6.45, 7) is 7.78. The molecule has 0 saturated carbocycles. The van der Waals surface area contributed by atoms with Crippen molar-refractivity contribution in [2.45, 2.75) is 32.6 Å². The fraction of sp³-hybridized carbons (Fsp3) is 0.375. The topological polar surface area (TPSA) is 66.3 Å². The lowest BCUT2D eigenvalue weighted by molar-refractivity contribution is 0.0458. The van der Waals surface area contributed by atoms with E-state index in [-0.39, 0.29) is 17.8 Å². The Morgan fingerprint density at radius 2 is 1.72 bits per heavy atom. The van der Waals surface area contributed by atoms with Gasteiger partial charge in [-0.2, -0.15) is 0 Å². The minimum atomic E-state index is -0.292. The quantitative estimate of drug-likeness (QED) is 0.669. The first kappa shape index (κ1) is 20.8.